The van der Waals surface area contributed by atoms with Crippen LogP contribution in [0.2, 0.25) is 0 Å². The van der Waals surface area contributed by atoms with E-state index >= 15 is 0 Å². The Morgan fingerprint density at radius 2 is 1.66 bits per heavy atom. The number of aryl methyl sites for hydroxylation is 2. The van der Waals surface area contributed by atoms with Gasteiger partial charge in [-0.3, -0.25) is 24.1 Å². The summed E-state index contributed by atoms with van der Waals surface area (Å²) < 4.78 is 5.56. The van der Waals surface area contributed by atoms with Crippen LogP contribution in [0.15, 0.2) is 54.6 Å². The van der Waals surface area contributed by atoms with E-state index in [1.54, 1.807) is 29.2 Å². The topological polar surface area (TPSA) is 84.0 Å². The minimum absolute atomic E-state index is 0.0209. The summed E-state index contributed by atoms with van der Waals surface area (Å²) in [5.41, 5.74) is 3.29. The van der Waals surface area contributed by atoms with Crippen molar-refractivity contribution in [3.05, 3.63) is 65.7 Å². The van der Waals surface area contributed by atoms with Crippen molar-refractivity contribution in [1.82, 2.24) is 0 Å². The number of ether oxygens (including phenoxy) is 1. The van der Waals surface area contributed by atoms with Crippen molar-refractivity contribution in [3.63, 3.8) is 0 Å². The molecule has 0 bridgehead atoms. The second-order valence-electron chi connectivity index (χ2n) is 9.73. The van der Waals surface area contributed by atoms with Crippen molar-refractivity contribution in [1.29, 1.82) is 0 Å². The quantitative estimate of drug-likeness (QED) is 0.291. The number of benzene rings is 2. The second kappa shape index (κ2) is 8.80. The van der Waals surface area contributed by atoms with Gasteiger partial charge in [0.2, 0.25) is 17.7 Å². The summed E-state index contributed by atoms with van der Waals surface area (Å²) in [6.07, 6.45) is 4.63. The van der Waals surface area contributed by atoms with Gasteiger partial charge in [0.1, 0.15) is 5.75 Å². The Labute approximate surface area is 204 Å². The van der Waals surface area contributed by atoms with E-state index in [9.17, 15) is 19.2 Å². The predicted molar refractivity (Wildman–Crippen MR) is 131 cm³/mol. The van der Waals surface area contributed by atoms with Crippen molar-refractivity contribution in [2.24, 2.45) is 23.7 Å². The van der Waals surface area contributed by atoms with Crippen LogP contribution in [0, 0.1) is 37.5 Å². The van der Waals surface area contributed by atoms with Gasteiger partial charge in [0.15, 0.2) is 0 Å². The molecule has 3 amide bonds. The summed E-state index contributed by atoms with van der Waals surface area (Å²) >= 11 is 0. The van der Waals surface area contributed by atoms with Gasteiger partial charge in [-0.05, 0) is 61.6 Å². The summed E-state index contributed by atoms with van der Waals surface area (Å²) in [4.78, 5) is 54.3. The van der Waals surface area contributed by atoms with E-state index in [1.807, 2.05) is 51.1 Å². The molecule has 7 heteroatoms. The molecule has 2 aromatic rings. The third-order valence-electron chi connectivity index (χ3n) is 7.35. The fourth-order valence-electron chi connectivity index (χ4n) is 5.58. The van der Waals surface area contributed by atoms with Crippen molar-refractivity contribution in [2.45, 2.75) is 33.6 Å². The molecule has 2 fully saturated rings. The first-order chi connectivity index (χ1) is 16.8. The lowest BCUT2D eigenvalue weighted by molar-refractivity contribution is -0.139. The van der Waals surface area contributed by atoms with Crippen molar-refractivity contribution in [3.8, 4) is 5.75 Å². The lowest BCUT2D eigenvalue weighted by Gasteiger charge is -2.22. The summed E-state index contributed by atoms with van der Waals surface area (Å²) in [5.74, 6) is -1.83. The van der Waals surface area contributed by atoms with Crippen LogP contribution in [0.3, 0.4) is 0 Å². The number of allylic oxidation sites excluding steroid dienone is 2. The fourth-order valence-corrected chi connectivity index (χ4v) is 5.58. The van der Waals surface area contributed by atoms with Crippen LogP contribution in [0.1, 0.15) is 30.9 Å². The number of fused-ring (bicyclic) bond motifs is 1. The molecule has 2 aliphatic heterocycles. The van der Waals surface area contributed by atoms with Gasteiger partial charge < -0.3 is 9.64 Å². The molecular formula is C28H28N2O5. The average Bonchev–Trinajstić information content (AvgIpc) is 3.32. The number of carbonyl (C=O) groups excluding carboxylic acids is 4. The van der Waals surface area contributed by atoms with Gasteiger partial charge in [-0.2, -0.15) is 0 Å². The number of hydrogen-bond donors (Lipinski definition) is 0. The van der Waals surface area contributed by atoms with Gasteiger partial charge in [-0.15, -0.1) is 0 Å². The molecule has 2 aromatic carbocycles. The first kappa shape index (κ1) is 23.0. The van der Waals surface area contributed by atoms with E-state index in [1.165, 1.54) is 4.90 Å². The number of imide groups is 1. The lowest BCUT2D eigenvalue weighted by atomic mass is 9.78. The number of carbonyl (C=O) groups is 4. The molecule has 0 N–H and O–H groups in total. The zero-order chi connectivity index (χ0) is 24.9. The number of anilines is 2. The Balaban J connectivity index is 1.27. The number of rotatable bonds is 4. The Bertz CT molecular complexity index is 1230. The largest absolute Gasteiger partial charge is 0.426 e. The number of para-hydroxylation sites is 1. The molecule has 5 rings (SSSR count). The van der Waals surface area contributed by atoms with Gasteiger partial charge in [-0.1, -0.05) is 37.3 Å². The zero-order valence-corrected chi connectivity index (χ0v) is 20.1. The maximum atomic E-state index is 13.0. The number of hydrogen-bond acceptors (Lipinski definition) is 5. The fraction of sp³-hybridized carbons (Fsp3) is 0.357. The summed E-state index contributed by atoms with van der Waals surface area (Å²) in [6.45, 7) is 6.13. The van der Waals surface area contributed by atoms with Crippen LogP contribution < -0.4 is 14.5 Å². The predicted octanol–water partition coefficient (Wildman–Crippen LogP) is 3.96. The van der Waals surface area contributed by atoms with Gasteiger partial charge in [0.05, 0.1) is 23.4 Å². The molecule has 4 atom stereocenters. The second-order valence-corrected chi connectivity index (χ2v) is 9.73. The van der Waals surface area contributed by atoms with Crippen LogP contribution >= 0.6 is 0 Å². The first-order valence-electron chi connectivity index (χ1n) is 12.0. The third-order valence-corrected chi connectivity index (χ3v) is 7.35. The molecule has 0 spiro atoms. The minimum Gasteiger partial charge on any atom is -0.426 e. The zero-order valence-electron chi connectivity index (χ0n) is 20.1. The highest BCUT2D eigenvalue weighted by molar-refractivity contribution is 6.22. The number of nitrogens with zero attached hydrogens (tertiary/aromatic N) is 2. The number of amides is 3. The first-order valence-corrected chi connectivity index (χ1v) is 12.0. The molecule has 180 valence electrons. The van der Waals surface area contributed by atoms with Crippen LogP contribution in [0.4, 0.5) is 11.4 Å². The highest BCUT2D eigenvalue weighted by atomic mass is 16.5. The maximum absolute atomic E-state index is 13.0. The molecule has 2 heterocycles. The maximum Gasteiger partial charge on any atom is 0.316 e. The molecule has 0 radical (unpaired) electrons. The van der Waals surface area contributed by atoms with Gasteiger partial charge in [0, 0.05) is 18.7 Å². The monoisotopic (exact) mass is 472 g/mol. The highest BCUT2D eigenvalue weighted by Crippen LogP contribution is 2.40. The molecule has 35 heavy (non-hydrogen) atoms. The standard InChI is InChI=1S/C28H28N2O5/c1-16-6-5-9-22-24(16)27(33)30(26(22)32)20-10-12-21(13-11-20)35-28(34)19-14-23(31)29(15-19)25-17(2)7-4-8-18(25)3/h4-8,10-13,16,19,22,24H,9,14-15H2,1-3H3/t16-,19-,22-,24+/m1/s1. The van der Waals surface area contributed by atoms with Crippen molar-refractivity contribution < 1.29 is 23.9 Å². The Morgan fingerprint density at radius 3 is 2.31 bits per heavy atom. The van der Waals surface area contributed by atoms with Crippen LogP contribution in [0.25, 0.3) is 0 Å². The molecule has 0 saturated carbocycles. The normalized spacial score (nSPS) is 25.9. The molecule has 1 aliphatic carbocycles. The molecule has 3 aliphatic rings. The summed E-state index contributed by atoms with van der Waals surface area (Å²) in [7, 11) is 0. The van der Waals surface area contributed by atoms with Gasteiger partial charge in [0.25, 0.3) is 0 Å². The van der Waals surface area contributed by atoms with Crippen LogP contribution in [-0.2, 0) is 19.2 Å². The van der Waals surface area contributed by atoms with E-state index in [-0.39, 0.29) is 48.4 Å². The molecule has 0 aromatic heterocycles. The SMILES string of the molecule is Cc1cccc(C)c1N1C[C@H](C(=O)Oc2ccc(N3C(=O)[C@H]4[C@H](C)C=CC[C@H]4C3=O)cc2)CC1=O. The van der Waals surface area contributed by atoms with Crippen LogP contribution in [0.5, 0.6) is 5.75 Å². The van der Waals surface area contributed by atoms with Gasteiger partial charge in [-0.25, -0.2) is 0 Å². The van der Waals surface area contributed by atoms with E-state index in [0.29, 0.717) is 17.9 Å². The summed E-state index contributed by atoms with van der Waals surface area (Å²) in [6, 6.07) is 12.2. The average molecular weight is 473 g/mol. The lowest BCUT2D eigenvalue weighted by Crippen LogP contribution is -2.31. The van der Waals surface area contributed by atoms with Crippen molar-refractivity contribution >= 4 is 35.1 Å². The number of esters is 1. The van der Waals surface area contributed by atoms with Crippen molar-refractivity contribution in [2.75, 3.05) is 16.3 Å². The molecule has 7 nitrogen and oxygen atoms in total. The molecule has 0 unspecified atom stereocenters. The highest BCUT2D eigenvalue weighted by Gasteiger charge is 2.50. The van der Waals surface area contributed by atoms with Crippen LogP contribution in [-0.4, -0.2) is 30.2 Å². The van der Waals surface area contributed by atoms with E-state index < -0.39 is 11.9 Å². The van der Waals surface area contributed by atoms with E-state index in [4.69, 9.17) is 4.74 Å². The minimum atomic E-state index is -0.569. The Hall–Kier alpha value is -3.74. The third kappa shape index (κ3) is 3.95. The Kier molecular flexibility index (Phi) is 5.79. The van der Waals surface area contributed by atoms with Gasteiger partial charge >= 0.3 is 5.97 Å². The molecule has 2 saturated heterocycles. The Morgan fingerprint density at radius 1 is 0.971 bits per heavy atom. The van der Waals surface area contributed by atoms with E-state index in [2.05, 4.69) is 0 Å². The van der Waals surface area contributed by atoms with E-state index in [0.717, 1.165) is 16.8 Å². The smallest absolute Gasteiger partial charge is 0.316 e. The summed E-state index contributed by atoms with van der Waals surface area (Å²) in [5, 5.41) is 0. The molecular weight excluding hydrogens is 444 g/mol.